The third-order valence-corrected chi connectivity index (χ3v) is 6.84. The third kappa shape index (κ3) is 4.73. The zero-order valence-electron chi connectivity index (χ0n) is 17.6. The van der Waals surface area contributed by atoms with Gasteiger partial charge in [-0.05, 0) is 60.4 Å². The number of hydrogen-bond acceptors (Lipinski definition) is 3. The van der Waals surface area contributed by atoms with Crippen LogP contribution in [0.15, 0.2) is 83.8 Å². The van der Waals surface area contributed by atoms with E-state index in [2.05, 4.69) is 22.9 Å². The minimum Gasteiger partial charge on any atom is -0.335 e. The molecule has 4 rings (SSSR count). The Hall–Kier alpha value is -3.45. The molecule has 1 amide bonds. The summed E-state index contributed by atoms with van der Waals surface area (Å²) in [4.78, 5) is 14.5. The summed E-state index contributed by atoms with van der Waals surface area (Å²) < 4.78 is 41.5. The Labute approximate surface area is 187 Å². The molecule has 32 heavy (non-hydrogen) atoms. The van der Waals surface area contributed by atoms with Crippen LogP contribution in [0.5, 0.6) is 0 Å². The van der Waals surface area contributed by atoms with Crippen LogP contribution in [0.4, 0.5) is 10.1 Å². The molecule has 1 aliphatic rings. The second-order valence-corrected chi connectivity index (χ2v) is 9.38. The topological polar surface area (TPSA) is 66.5 Å². The summed E-state index contributed by atoms with van der Waals surface area (Å²) in [7, 11) is -3.98. The molecule has 0 aliphatic carbocycles. The van der Waals surface area contributed by atoms with E-state index in [0.717, 1.165) is 18.1 Å². The van der Waals surface area contributed by atoms with E-state index in [9.17, 15) is 17.6 Å². The quantitative estimate of drug-likeness (QED) is 0.603. The van der Waals surface area contributed by atoms with E-state index < -0.39 is 15.8 Å². The maximum Gasteiger partial charge on any atom is 0.261 e. The minimum atomic E-state index is -3.98. The Morgan fingerprint density at radius 2 is 1.78 bits per heavy atom. The predicted octanol–water partition coefficient (Wildman–Crippen LogP) is 4.86. The molecule has 3 aromatic carbocycles. The summed E-state index contributed by atoms with van der Waals surface area (Å²) in [5.74, 6) is -0.763. The van der Waals surface area contributed by atoms with E-state index in [1.807, 2.05) is 18.2 Å². The maximum atomic E-state index is 13.8. The molecule has 5 nitrogen and oxygen atoms in total. The number of carbonyl (C=O) groups excluding carboxylic acids is 1. The first-order valence-corrected chi connectivity index (χ1v) is 11.7. The first-order chi connectivity index (χ1) is 15.3. The Morgan fingerprint density at radius 3 is 2.47 bits per heavy atom. The van der Waals surface area contributed by atoms with Gasteiger partial charge in [-0.25, -0.2) is 12.8 Å². The summed E-state index contributed by atoms with van der Waals surface area (Å²) in [6.45, 7) is 2.63. The number of nitrogens with zero attached hydrogens (tertiary/aromatic N) is 1. The zero-order chi connectivity index (χ0) is 22.7. The largest absolute Gasteiger partial charge is 0.335 e. The van der Waals surface area contributed by atoms with Crippen molar-refractivity contribution in [3.63, 3.8) is 0 Å². The molecule has 0 fully saturated rings. The fraction of sp³-hybridized carbons (Fsp3) is 0.160. The molecule has 0 aromatic heterocycles. The number of amides is 1. The molecule has 1 aliphatic heterocycles. The van der Waals surface area contributed by atoms with Crippen molar-refractivity contribution >= 4 is 27.2 Å². The van der Waals surface area contributed by atoms with Crippen LogP contribution in [-0.2, 0) is 10.0 Å². The summed E-state index contributed by atoms with van der Waals surface area (Å²) in [5, 5.41) is 0. The molecule has 7 heteroatoms. The molecule has 3 aromatic rings. The summed E-state index contributed by atoms with van der Waals surface area (Å²) in [6, 6.07) is 20.1. The van der Waals surface area contributed by atoms with Gasteiger partial charge in [-0.15, -0.1) is 0 Å². The highest BCUT2D eigenvalue weighted by Gasteiger charge is 2.21. The van der Waals surface area contributed by atoms with Crippen molar-refractivity contribution in [1.29, 1.82) is 0 Å². The third-order valence-electron chi connectivity index (χ3n) is 5.46. The lowest BCUT2D eigenvalue weighted by molar-refractivity contribution is 0.0773. The van der Waals surface area contributed by atoms with Crippen molar-refractivity contribution in [3.8, 4) is 0 Å². The average Bonchev–Trinajstić information content (AvgIpc) is 2.81. The molecule has 1 N–H and O–H groups in total. The number of aryl methyl sites for hydroxylation is 1. The van der Waals surface area contributed by atoms with E-state index in [-0.39, 0.29) is 16.5 Å². The highest BCUT2D eigenvalue weighted by Crippen LogP contribution is 2.24. The summed E-state index contributed by atoms with van der Waals surface area (Å²) in [5.41, 5.74) is 3.36. The van der Waals surface area contributed by atoms with Crippen LogP contribution in [0.1, 0.15) is 27.9 Å². The molecule has 0 bridgehead atoms. The van der Waals surface area contributed by atoms with E-state index in [1.54, 1.807) is 30.0 Å². The standard InChI is InChI=1S/C25H23FN2O3S/c1-18-10-11-23(17-24(18)26)32(30,31)27-22-9-5-8-21(16-22)25(29)28-14-12-20(13-15-28)19-6-3-2-4-7-19/h2-12,16-17,27H,13-15H2,1H3. The Kier molecular flexibility index (Phi) is 6.10. The smallest absolute Gasteiger partial charge is 0.261 e. The molecule has 0 unspecified atom stereocenters. The van der Waals surface area contributed by atoms with Crippen molar-refractivity contribution in [2.45, 2.75) is 18.2 Å². The second kappa shape index (κ2) is 8.96. The lowest BCUT2D eigenvalue weighted by Crippen LogP contribution is -2.34. The SMILES string of the molecule is Cc1ccc(S(=O)(=O)Nc2cccc(C(=O)N3CC=C(c4ccccc4)CC3)c2)cc1F. The van der Waals surface area contributed by atoms with Gasteiger partial charge in [0, 0.05) is 24.3 Å². The highest BCUT2D eigenvalue weighted by molar-refractivity contribution is 7.92. The van der Waals surface area contributed by atoms with Gasteiger partial charge in [0.1, 0.15) is 5.82 Å². The molecular weight excluding hydrogens is 427 g/mol. The average molecular weight is 451 g/mol. The molecule has 0 saturated heterocycles. The van der Waals surface area contributed by atoms with E-state index in [4.69, 9.17) is 0 Å². The van der Waals surface area contributed by atoms with Gasteiger partial charge in [0.2, 0.25) is 0 Å². The highest BCUT2D eigenvalue weighted by atomic mass is 32.2. The number of nitrogens with one attached hydrogen (secondary N) is 1. The van der Waals surface area contributed by atoms with Crippen LogP contribution in [-0.4, -0.2) is 32.3 Å². The van der Waals surface area contributed by atoms with Crippen molar-refractivity contribution in [2.24, 2.45) is 0 Å². The van der Waals surface area contributed by atoms with Crippen molar-refractivity contribution in [3.05, 3.63) is 101 Å². The molecular formula is C25H23FN2O3S. The predicted molar refractivity (Wildman–Crippen MR) is 123 cm³/mol. The number of rotatable bonds is 5. The van der Waals surface area contributed by atoms with E-state index in [0.29, 0.717) is 24.2 Å². The lowest BCUT2D eigenvalue weighted by atomic mass is 9.99. The summed E-state index contributed by atoms with van der Waals surface area (Å²) in [6.07, 6.45) is 2.80. The molecule has 0 saturated carbocycles. The molecule has 164 valence electrons. The number of benzene rings is 3. The van der Waals surface area contributed by atoms with Gasteiger partial charge < -0.3 is 4.90 Å². The first-order valence-electron chi connectivity index (χ1n) is 10.3. The number of carbonyl (C=O) groups is 1. The van der Waals surface area contributed by atoms with Crippen LogP contribution >= 0.6 is 0 Å². The molecule has 1 heterocycles. The number of hydrogen-bond donors (Lipinski definition) is 1. The van der Waals surface area contributed by atoms with Gasteiger partial charge in [-0.2, -0.15) is 0 Å². The van der Waals surface area contributed by atoms with Crippen LogP contribution in [0.25, 0.3) is 5.57 Å². The zero-order valence-corrected chi connectivity index (χ0v) is 18.4. The Morgan fingerprint density at radius 1 is 1.00 bits per heavy atom. The second-order valence-electron chi connectivity index (χ2n) is 7.69. The van der Waals surface area contributed by atoms with Gasteiger partial charge in [-0.1, -0.05) is 48.5 Å². The van der Waals surface area contributed by atoms with Gasteiger partial charge in [-0.3, -0.25) is 9.52 Å². The van der Waals surface area contributed by atoms with E-state index in [1.165, 1.54) is 23.8 Å². The normalized spacial score (nSPS) is 14.1. The lowest BCUT2D eigenvalue weighted by Gasteiger charge is -2.27. The van der Waals surface area contributed by atoms with Crippen LogP contribution < -0.4 is 4.72 Å². The first kappa shape index (κ1) is 21.8. The van der Waals surface area contributed by atoms with Crippen molar-refractivity contribution in [2.75, 3.05) is 17.8 Å². The molecule has 0 spiro atoms. The number of halogens is 1. The van der Waals surface area contributed by atoms with Crippen molar-refractivity contribution < 1.29 is 17.6 Å². The van der Waals surface area contributed by atoms with Crippen LogP contribution in [0.2, 0.25) is 0 Å². The Bertz CT molecular complexity index is 1290. The minimum absolute atomic E-state index is 0.171. The number of anilines is 1. The molecule has 0 radical (unpaired) electrons. The van der Waals surface area contributed by atoms with E-state index >= 15 is 0 Å². The monoisotopic (exact) mass is 450 g/mol. The van der Waals surface area contributed by atoms with Gasteiger partial charge in [0.25, 0.3) is 15.9 Å². The fourth-order valence-corrected chi connectivity index (χ4v) is 4.68. The van der Waals surface area contributed by atoms with Crippen LogP contribution in [0, 0.1) is 12.7 Å². The maximum absolute atomic E-state index is 13.8. The van der Waals surface area contributed by atoms with Crippen LogP contribution in [0.3, 0.4) is 0 Å². The van der Waals surface area contributed by atoms with Gasteiger partial charge >= 0.3 is 0 Å². The number of sulfonamides is 1. The van der Waals surface area contributed by atoms with Crippen molar-refractivity contribution in [1.82, 2.24) is 4.90 Å². The van der Waals surface area contributed by atoms with Gasteiger partial charge in [0.15, 0.2) is 0 Å². The Balaban J connectivity index is 1.49. The summed E-state index contributed by atoms with van der Waals surface area (Å²) >= 11 is 0. The van der Waals surface area contributed by atoms with Gasteiger partial charge in [0.05, 0.1) is 4.90 Å². The molecule has 0 atom stereocenters. The fourth-order valence-electron chi connectivity index (χ4n) is 3.62.